The third-order valence-corrected chi connectivity index (χ3v) is 6.26. The summed E-state index contributed by atoms with van der Waals surface area (Å²) < 4.78 is 0. The second-order valence-corrected chi connectivity index (χ2v) is 8.23. The fraction of sp³-hybridized carbons (Fsp3) is 0.667. The van der Waals surface area contributed by atoms with E-state index in [9.17, 15) is 5.11 Å². The topological polar surface area (TPSA) is 32.3 Å². The standard InChI is InChI=1S/C18H24ClNO.ClH/c19-16-1-2-17(21)15(6-16)10-20-11-18-7-12-3-13(8-18)5-14(4-12)9-18;/h1-2,6,12-14,20-21H,3-5,7-11H2;1H. The Morgan fingerprint density at radius 1 is 1.09 bits per heavy atom. The van der Waals surface area contributed by atoms with Gasteiger partial charge in [-0.25, -0.2) is 0 Å². The fourth-order valence-corrected chi connectivity index (χ4v) is 5.86. The van der Waals surface area contributed by atoms with Gasteiger partial charge in [0.15, 0.2) is 0 Å². The Kier molecular flexibility index (Phi) is 4.64. The van der Waals surface area contributed by atoms with Gasteiger partial charge < -0.3 is 10.4 Å². The van der Waals surface area contributed by atoms with Crippen molar-refractivity contribution in [2.45, 2.75) is 45.1 Å². The second-order valence-electron chi connectivity index (χ2n) is 7.79. The predicted octanol–water partition coefficient (Wildman–Crippen LogP) is 4.77. The van der Waals surface area contributed by atoms with Crippen LogP contribution in [-0.4, -0.2) is 11.7 Å². The van der Waals surface area contributed by atoms with Crippen LogP contribution < -0.4 is 5.32 Å². The number of phenols is 1. The lowest BCUT2D eigenvalue weighted by Crippen LogP contribution is -2.50. The number of benzene rings is 1. The number of phenolic OH excluding ortho intramolecular Hbond substituents is 1. The van der Waals surface area contributed by atoms with Crippen LogP contribution in [-0.2, 0) is 6.54 Å². The highest BCUT2D eigenvalue weighted by Gasteiger charge is 2.50. The first-order valence-electron chi connectivity index (χ1n) is 8.30. The molecule has 0 heterocycles. The van der Waals surface area contributed by atoms with E-state index in [0.717, 1.165) is 29.9 Å². The molecule has 0 atom stereocenters. The monoisotopic (exact) mass is 341 g/mol. The maximum Gasteiger partial charge on any atom is 0.120 e. The molecular formula is C18H25Cl2NO. The van der Waals surface area contributed by atoms with E-state index in [2.05, 4.69) is 5.32 Å². The Morgan fingerprint density at radius 2 is 1.68 bits per heavy atom. The third kappa shape index (κ3) is 3.11. The van der Waals surface area contributed by atoms with Crippen molar-refractivity contribution in [2.24, 2.45) is 23.2 Å². The van der Waals surface area contributed by atoms with E-state index in [4.69, 9.17) is 11.6 Å². The number of halogens is 2. The minimum atomic E-state index is 0. The van der Waals surface area contributed by atoms with Crippen molar-refractivity contribution >= 4 is 24.0 Å². The van der Waals surface area contributed by atoms with Crippen molar-refractivity contribution in [3.05, 3.63) is 28.8 Å². The highest BCUT2D eigenvalue weighted by Crippen LogP contribution is 2.59. The zero-order valence-corrected chi connectivity index (χ0v) is 14.4. The number of hydrogen-bond donors (Lipinski definition) is 2. The first-order valence-corrected chi connectivity index (χ1v) is 8.68. The van der Waals surface area contributed by atoms with Crippen LogP contribution in [0.3, 0.4) is 0 Å². The van der Waals surface area contributed by atoms with Gasteiger partial charge in [0, 0.05) is 23.7 Å². The maximum atomic E-state index is 9.90. The summed E-state index contributed by atoms with van der Waals surface area (Å²) in [6.45, 7) is 1.82. The lowest BCUT2D eigenvalue weighted by molar-refractivity contribution is -0.0514. The molecular weight excluding hydrogens is 317 g/mol. The Labute approximate surface area is 144 Å². The van der Waals surface area contributed by atoms with Crippen LogP contribution in [0.15, 0.2) is 18.2 Å². The van der Waals surface area contributed by atoms with Gasteiger partial charge in [0.25, 0.3) is 0 Å². The molecule has 0 amide bonds. The SMILES string of the molecule is Cl.Oc1ccc(Cl)cc1CNCC12CC3CC(CC(C3)C1)C2. The number of aromatic hydroxyl groups is 1. The van der Waals surface area contributed by atoms with Gasteiger partial charge in [0.1, 0.15) is 5.75 Å². The van der Waals surface area contributed by atoms with Gasteiger partial charge in [-0.3, -0.25) is 0 Å². The molecule has 2 nitrogen and oxygen atoms in total. The molecule has 122 valence electrons. The summed E-state index contributed by atoms with van der Waals surface area (Å²) in [6, 6.07) is 5.28. The molecule has 0 spiro atoms. The molecule has 0 radical (unpaired) electrons. The van der Waals surface area contributed by atoms with E-state index in [0.29, 0.717) is 22.7 Å². The summed E-state index contributed by atoms with van der Waals surface area (Å²) in [4.78, 5) is 0. The molecule has 0 saturated heterocycles. The van der Waals surface area contributed by atoms with Gasteiger partial charge in [-0.05, 0) is 79.9 Å². The largest absolute Gasteiger partial charge is 0.508 e. The minimum absolute atomic E-state index is 0. The fourth-order valence-electron chi connectivity index (χ4n) is 5.66. The maximum absolute atomic E-state index is 9.90. The number of rotatable bonds is 4. The Hall–Kier alpha value is -0.440. The average molecular weight is 342 g/mol. The van der Waals surface area contributed by atoms with Gasteiger partial charge in [-0.1, -0.05) is 11.6 Å². The first-order chi connectivity index (χ1) is 10.1. The second kappa shape index (κ2) is 6.22. The highest BCUT2D eigenvalue weighted by molar-refractivity contribution is 6.30. The van der Waals surface area contributed by atoms with Crippen molar-refractivity contribution in [1.82, 2.24) is 5.32 Å². The molecule has 4 fully saturated rings. The molecule has 4 saturated carbocycles. The first kappa shape index (κ1) is 16.4. The normalized spacial score (nSPS) is 35.4. The molecule has 4 aliphatic carbocycles. The van der Waals surface area contributed by atoms with Crippen molar-refractivity contribution in [3.8, 4) is 5.75 Å². The van der Waals surface area contributed by atoms with Crippen LogP contribution in [0.2, 0.25) is 5.02 Å². The van der Waals surface area contributed by atoms with Crippen LogP contribution >= 0.6 is 24.0 Å². The van der Waals surface area contributed by atoms with Crippen molar-refractivity contribution in [1.29, 1.82) is 0 Å². The van der Waals surface area contributed by atoms with Crippen molar-refractivity contribution in [3.63, 3.8) is 0 Å². The van der Waals surface area contributed by atoms with Crippen LogP contribution in [0.4, 0.5) is 0 Å². The van der Waals surface area contributed by atoms with Crippen molar-refractivity contribution in [2.75, 3.05) is 6.54 Å². The zero-order valence-electron chi connectivity index (χ0n) is 12.9. The van der Waals surface area contributed by atoms with Crippen LogP contribution in [0.25, 0.3) is 0 Å². The van der Waals surface area contributed by atoms with Gasteiger partial charge in [-0.2, -0.15) is 0 Å². The Balaban J connectivity index is 0.00000144. The molecule has 22 heavy (non-hydrogen) atoms. The van der Waals surface area contributed by atoms with Gasteiger partial charge >= 0.3 is 0 Å². The molecule has 0 aliphatic heterocycles. The highest BCUT2D eigenvalue weighted by atomic mass is 35.5. The number of nitrogens with one attached hydrogen (secondary N) is 1. The van der Waals surface area contributed by atoms with Gasteiger partial charge in [0.2, 0.25) is 0 Å². The quantitative estimate of drug-likeness (QED) is 0.826. The summed E-state index contributed by atoms with van der Waals surface area (Å²) >= 11 is 6.01. The minimum Gasteiger partial charge on any atom is -0.508 e. The Bertz CT molecular complexity index is 511. The lowest BCUT2D eigenvalue weighted by atomic mass is 9.49. The summed E-state index contributed by atoms with van der Waals surface area (Å²) in [7, 11) is 0. The van der Waals surface area contributed by atoms with E-state index in [1.54, 1.807) is 12.1 Å². The Morgan fingerprint density at radius 3 is 2.27 bits per heavy atom. The van der Waals surface area contributed by atoms with E-state index >= 15 is 0 Å². The molecule has 5 rings (SSSR count). The molecule has 4 bridgehead atoms. The summed E-state index contributed by atoms with van der Waals surface area (Å²) in [5, 5.41) is 14.2. The smallest absolute Gasteiger partial charge is 0.120 e. The van der Waals surface area contributed by atoms with E-state index < -0.39 is 0 Å². The third-order valence-electron chi connectivity index (χ3n) is 6.02. The molecule has 1 aromatic rings. The van der Waals surface area contributed by atoms with E-state index in [-0.39, 0.29) is 12.4 Å². The summed E-state index contributed by atoms with van der Waals surface area (Å²) in [5.74, 6) is 3.34. The molecule has 0 unspecified atom stereocenters. The molecule has 4 aliphatic rings. The molecule has 2 N–H and O–H groups in total. The van der Waals surface area contributed by atoms with E-state index in [1.165, 1.54) is 38.5 Å². The molecule has 1 aromatic carbocycles. The van der Waals surface area contributed by atoms with Gasteiger partial charge in [-0.15, -0.1) is 12.4 Å². The van der Waals surface area contributed by atoms with Crippen LogP contribution in [0, 0.1) is 23.2 Å². The van der Waals surface area contributed by atoms with Crippen molar-refractivity contribution < 1.29 is 5.11 Å². The molecule has 4 heteroatoms. The van der Waals surface area contributed by atoms with Gasteiger partial charge in [0.05, 0.1) is 0 Å². The summed E-state index contributed by atoms with van der Waals surface area (Å²) in [6.07, 6.45) is 8.76. The zero-order chi connectivity index (χ0) is 14.4. The predicted molar refractivity (Wildman–Crippen MR) is 92.7 cm³/mol. The number of hydrogen-bond acceptors (Lipinski definition) is 2. The molecule has 0 aromatic heterocycles. The average Bonchev–Trinajstić information content (AvgIpc) is 2.41. The van der Waals surface area contributed by atoms with Crippen LogP contribution in [0.1, 0.15) is 44.1 Å². The van der Waals surface area contributed by atoms with Crippen LogP contribution in [0.5, 0.6) is 5.75 Å². The van der Waals surface area contributed by atoms with E-state index in [1.807, 2.05) is 6.07 Å². The lowest BCUT2D eigenvalue weighted by Gasteiger charge is -2.57. The summed E-state index contributed by atoms with van der Waals surface area (Å²) in [5.41, 5.74) is 1.45.